The number of amides is 1. The number of nitrogens with one attached hydrogen (secondary N) is 1. The highest BCUT2D eigenvalue weighted by molar-refractivity contribution is 6.05. The molecule has 0 spiro atoms. The Hall–Kier alpha value is -5.12. The normalized spacial score (nSPS) is 11.4. The van der Waals surface area contributed by atoms with Crippen molar-refractivity contribution in [2.45, 2.75) is 0 Å². The van der Waals surface area contributed by atoms with Gasteiger partial charge in [-0.15, -0.1) is 0 Å². The Balaban J connectivity index is 1.48. The molecule has 0 saturated heterocycles. The molecular formula is C47H60N2O13. The van der Waals surface area contributed by atoms with E-state index < -0.39 is 5.91 Å². The van der Waals surface area contributed by atoms with Gasteiger partial charge in [0.1, 0.15) is 19.8 Å². The van der Waals surface area contributed by atoms with E-state index in [1.807, 2.05) is 36.4 Å². The molecule has 336 valence electrons. The van der Waals surface area contributed by atoms with Crippen molar-refractivity contribution in [1.82, 2.24) is 0 Å². The van der Waals surface area contributed by atoms with Crippen LogP contribution < -0.4 is 19.5 Å². The van der Waals surface area contributed by atoms with E-state index in [4.69, 9.17) is 63.4 Å². The number of carbonyl (C=O) groups is 1. The van der Waals surface area contributed by atoms with Crippen LogP contribution in [0.3, 0.4) is 0 Å². The van der Waals surface area contributed by atoms with E-state index in [9.17, 15) is 4.79 Å². The highest BCUT2D eigenvalue weighted by Gasteiger charge is 2.20. The van der Waals surface area contributed by atoms with Crippen molar-refractivity contribution in [2.24, 2.45) is 0 Å². The molecule has 0 aliphatic rings. The summed E-state index contributed by atoms with van der Waals surface area (Å²) in [7, 11) is 4.85. The van der Waals surface area contributed by atoms with E-state index in [1.54, 1.807) is 57.7 Å². The van der Waals surface area contributed by atoms with E-state index >= 15 is 0 Å². The number of rotatable bonds is 34. The van der Waals surface area contributed by atoms with Crippen molar-refractivity contribution >= 4 is 34.1 Å². The van der Waals surface area contributed by atoms with Crippen LogP contribution in [0.2, 0.25) is 0 Å². The lowest BCUT2D eigenvalue weighted by Gasteiger charge is -2.19. The Bertz CT molecular complexity index is 1890. The van der Waals surface area contributed by atoms with Crippen molar-refractivity contribution < 1.29 is 61.6 Å². The standard InChI is InChI=1S/C47H60N2O13/c1-48-43(34-37-9-10-38-7-5-6-8-40(38)33-37)39-11-13-42(14-12-39)49-47(50)41-35-44(60-30-27-57-24-21-54-18-15-51-2)46(62-32-29-59-26-23-56-20-17-53-4)45(36-41)61-31-28-58-25-22-55-19-16-52-3/h5-14,33-36H,15-32H2,2-4H3,(H,49,50)/b43-34-. The Morgan fingerprint density at radius 1 is 0.516 bits per heavy atom. The number of anilines is 1. The fourth-order valence-corrected chi connectivity index (χ4v) is 5.64. The molecule has 0 radical (unpaired) electrons. The first-order valence-electron chi connectivity index (χ1n) is 20.6. The van der Waals surface area contributed by atoms with Crippen molar-refractivity contribution in [1.29, 1.82) is 0 Å². The molecule has 0 bridgehead atoms. The zero-order valence-corrected chi connectivity index (χ0v) is 36.1. The van der Waals surface area contributed by atoms with Crippen molar-refractivity contribution in [2.75, 3.05) is 146 Å². The molecular weight excluding hydrogens is 801 g/mol. The van der Waals surface area contributed by atoms with E-state index in [0.717, 1.165) is 16.3 Å². The molecule has 0 unspecified atom stereocenters. The van der Waals surface area contributed by atoms with Crippen LogP contribution in [0.1, 0.15) is 21.5 Å². The molecule has 4 aromatic rings. The average Bonchev–Trinajstić information content (AvgIpc) is 3.29. The highest BCUT2D eigenvalue weighted by atomic mass is 16.6. The van der Waals surface area contributed by atoms with Gasteiger partial charge in [0, 0.05) is 32.6 Å². The van der Waals surface area contributed by atoms with Gasteiger partial charge in [-0.1, -0.05) is 48.5 Å². The molecule has 0 atom stereocenters. The van der Waals surface area contributed by atoms with Gasteiger partial charge in [0.05, 0.1) is 106 Å². The minimum atomic E-state index is -0.415. The Morgan fingerprint density at radius 2 is 0.968 bits per heavy atom. The number of hydrogen-bond donors (Lipinski definition) is 1. The molecule has 62 heavy (non-hydrogen) atoms. The molecule has 4 aromatic carbocycles. The average molecular weight is 861 g/mol. The van der Waals surface area contributed by atoms with Gasteiger partial charge in [0.25, 0.3) is 5.91 Å². The summed E-state index contributed by atoms with van der Waals surface area (Å²) in [5.74, 6) is 0.431. The third-order valence-electron chi connectivity index (χ3n) is 8.77. The van der Waals surface area contributed by atoms with Crippen molar-refractivity contribution in [3.8, 4) is 17.2 Å². The predicted molar refractivity (Wildman–Crippen MR) is 236 cm³/mol. The van der Waals surface area contributed by atoms with E-state index in [-0.39, 0.29) is 56.7 Å². The predicted octanol–water partition coefficient (Wildman–Crippen LogP) is 6.68. The summed E-state index contributed by atoms with van der Waals surface area (Å²) in [6, 6.07) is 24.5. The molecule has 1 N–H and O–H groups in total. The second-order valence-electron chi connectivity index (χ2n) is 13.3. The summed E-state index contributed by atoms with van der Waals surface area (Å²) in [5.41, 5.74) is 2.90. The molecule has 15 nitrogen and oxygen atoms in total. The van der Waals surface area contributed by atoms with Crippen molar-refractivity contribution in [3.05, 3.63) is 107 Å². The van der Waals surface area contributed by atoms with Crippen molar-refractivity contribution in [3.63, 3.8) is 0 Å². The SMILES string of the molecule is [C-]#[N+]/C(=C\c1ccc2ccccc2c1)c1ccc(NC(=O)c2cc(OCCOCCOCCOC)c(OCCOCCOCCOC)c(OCCOCCOCCOC)c2)cc1. The number of nitrogens with zero attached hydrogens (tertiary/aromatic N) is 1. The first-order valence-corrected chi connectivity index (χ1v) is 20.6. The molecule has 0 aromatic heterocycles. The number of hydrogen-bond acceptors (Lipinski definition) is 13. The summed E-state index contributed by atoms with van der Waals surface area (Å²) in [5, 5.41) is 5.18. The summed E-state index contributed by atoms with van der Waals surface area (Å²) >= 11 is 0. The third-order valence-corrected chi connectivity index (χ3v) is 8.77. The summed E-state index contributed by atoms with van der Waals surface area (Å²) in [6.45, 7) is 14.4. The second-order valence-corrected chi connectivity index (χ2v) is 13.3. The largest absolute Gasteiger partial charge is 0.487 e. The van der Waals surface area contributed by atoms with Crippen LogP contribution >= 0.6 is 0 Å². The monoisotopic (exact) mass is 860 g/mol. The van der Waals surface area contributed by atoms with Gasteiger partial charge in [0.15, 0.2) is 17.2 Å². The number of carbonyl (C=O) groups excluding carboxylic acids is 1. The highest BCUT2D eigenvalue weighted by Crippen LogP contribution is 2.39. The molecule has 4 rings (SSSR count). The van der Waals surface area contributed by atoms with Gasteiger partial charge in [-0.2, -0.15) is 0 Å². The number of methoxy groups -OCH3 is 3. The Labute approximate surface area is 364 Å². The Kier molecular flexibility index (Phi) is 24.6. The third kappa shape index (κ3) is 18.9. The molecule has 0 fully saturated rings. The van der Waals surface area contributed by atoms with E-state index in [1.165, 1.54) is 0 Å². The maximum atomic E-state index is 13.9. The lowest BCUT2D eigenvalue weighted by atomic mass is 10.0. The van der Waals surface area contributed by atoms with Crippen LogP contribution in [0, 0.1) is 6.57 Å². The lowest BCUT2D eigenvalue weighted by molar-refractivity contribution is 0.0146. The zero-order valence-electron chi connectivity index (χ0n) is 36.1. The van der Waals surface area contributed by atoms with Gasteiger partial charge in [0.2, 0.25) is 5.75 Å². The Morgan fingerprint density at radius 3 is 1.45 bits per heavy atom. The van der Waals surface area contributed by atoms with E-state index in [0.29, 0.717) is 102 Å². The fourth-order valence-electron chi connectivity index (χ4n) is 5.64. The van der Waals surface area contributed by atoms with Gasteiger partial charge in [-0.3, -0.25) is 4.79 Å². The number of benzene rings is 4. The van der Waals surface area contributed by atoms with Crippen LogP contribution in [0.5, 0.6) is 17.2 Å². The zero-order chi connectivity index (χ0) is 43.9. The van der Waals surface area contributed by atoms with Crippen LogP contribution in [0.15, 0.2) is 78.9 Å². The molecule has 0 saturated carbocycles. The number of fused-ring (bicyclic) bond motifs is 1. The second kappa shape index (κ2) is 30.8. The smallest absolute Gasteiger partial charge is 0.255 e. The molecule has 0 aliphatic heterocycles. The van der Waals surface area contributed by atoms with Crippen LogP contribution in [0.25, 0.3) is 27.4 Å². The first kappa shape index (κ1) is 49.5. The van der Waals surface area contributed by atoms with Gasteiger partial charge >= 0.3 is 0 Å². The quantitative estimate of drug-likeness (QED) is 0.0303. The lowest BCUT2D eigenvalue weighted by Crippen LogP contribution is -2.17. The molecule has 0 aliphatic carbocycles. The minimum absolute atomic E-state index is 0.151. The maximum absolute atomic E-state index is 13.9. The summed E-state index contributed by atoms with van der Waals surface area (Å²) < 4.78 is 67.1. The number of ether oxygens (including phenoxy) is 12. The van der Waals surface area contributed by atoms with Gasteiger partial charge in [-0.25, -0.2) is 4.85 Å². The van der Waals surface area contributed by atoms with Gasteiger partial charge < -0.3 is 62.2 Å². The maximum Gasteiger partial charge on any atom is 0.255 e. The van der Waals surface area contributed by atoms with Crippen LogP contribution in [0.4, 0.5) is 5.69 Å². The van der Waals surface area contributed by atoms with Crippen LogP contribution in [-0.4, -0.2) is 146 Å². The summed E-state index contributed by atoms with van der Waals surface area (Å²) in [4.78, 5) is 17.7. The first-order chi connectivity index (χ1) is 30.6. The van der Waals surface area contributed by atoms with Gasteiger partial charge in [-0.05, 0) is 58.3 Å². The fraction of sp³-hybridized carbons (Fsp3) is 0.447. The van der Waals surface area contributed by atoms with Crippen LogP contribution in [-0.2, 0) is 42.6 Å². The topological polar surface area (TPSA) is 144 Å². The minimum Gasteiger partial charge on any atom is -0.487 e. The van der Waals surface area contributed by atoms with E-state index in [2.05, 4.69) is 22.3 Å². The molecule has 1 amide bonds. The molecule has 0 heterocycles. The summed E-state index contributed by atoms with van der Waals surface area (Å²) in [6.07, 6.45) is 1.86. The molecule has 15 heteroatoms.